The summed E-state index contributed by atoms with van der Waals surface area (Å²) in [6, 6.07) is 0. The van der Waals surface area contributed by atoms with E-state index in [4.69, 9.17) is 0 Å². The summed E-state index contributed by atoms with van der Waals surface area (Å²) in [6.07, 6.45) is 13.1. The highest BCUT2D eigenvalue weighted by atomic mass is 16.1. The highest BCUT2D eigenvalue weighted by molar-refractivity contribution is 5.51. The molecule has 0 radical (unpaired) electrons. The zero-order chi connectivity index (χ0) is 10.2. The molecule has 0 fully saturated rings. The maximum absolute atomic E-state index is 10.5. The van der Waals surface area contributed by atoms with Crippen LogP contribution in [0.15, 0.2) is 11.6 Å². The first-order valence-corrected chi connectivity index (χ1v) is 6.01. The van der Waals surface area contributed by atoms with Crippen molar-refractivity contribution in [1.29, 1.82) is 0 Å². The van der Waals surface area contributed by atoms with Gasteiger partial charge in [0, 0.05) is 6.42 Å². The van der Waals surface area contributed by atoms with Crippen molar-refractivity contribution in [2.75, 3.05) is 0 Å². The predicted molar refractivity (Wildman–Crippen MR) is 60.2 cm³/mol. The molecule has 0 aromatic rings. The van der Waals surface area contributed by atoms with Gasteiger partial charge < -0.3 is 4.79 Å². The molecule has 0 heterocycles. The van der Waals surface area contributed by atoms with E-state index < -0.39 is 0 Å². The van der Waals surface area contributed by atoms with Crippen molar-refractivity contribution in [3.63, 3.8) is 0 Å². The molecule has 0 bridgehead atoms. The zero-order valence-electron chi connectivity index (χ0n) is 9.30. The van der Waals surface area contributed by atoms with Crippen LogP contribution in [0.3, 0.4) is 0 Å². The Morgan fingerprint density at radius 2 is 2.29 bits per heavy atom. The third-order valence-corrected chi connectivity index (χ3v) is 3.15. The van der Waals surface area contributed by atoms with E-state index in [9.17, 15) is 4.79 Å². The second-order valence-corrected chi connectivity index (χ2v) is 4.27. The van der Waals surface area contributed by atoms with Crippen LogP contribution in [0.25, 0.3) is 0 Å². The molecular formula is C13H22O. The van der Waals surface area contributed by atoms with Crippen LogP contribution in [0.4, 0.5) is 0 Å². The van der Waals surface area contributed by atoms with Crippen molar-refractivity contribution >= 4 is 6.29 Å². The number of unbranched alkanes of at least 4 members (excludes halogenated alkanes) is 3. The molecule has 0 saturated heterocycles. The minimum atomic E-state index is 0.592. The zero-order valence-corrected chi connectivity index (χ0v) is 9.30. The van der Waals surface area contributed by atoms with E-state index in [-0.39, 0.29) is 0 Å². The summed E-state index contributed by atoms with van der Waals surface area (Å²) in [5, 5.41) is 0. The molecule has 14 heavy (non-hydrogen) atoms. The van der Waals surface area contributed by atoms with E-state index in [0.717, 1.165) is 12.7 Å². The third kappa shape index (κ3) is 3.65. The van der Waals surface area contributed by atoms with Gasteiger partial charge in [-0.3, -0.25) is 0 Å². The number of hydrogen-bond acceptors (Lipinski definition) is 1. The standard InChI is InChI=1S/C13H22O/c1-2-3-4-5-7-12-8-6-9-13(12)10-11-14/h8,11,13H,2-7,9-10H2,1H3. The van der Waals surface area contributed by atoms with Crippen LogP contribution in [0.2, 0.25) is 0 Å². The van der Waals surface area contributed by atoms with Crippen molar-refractivity contribution in [3.8, 4) is 0 Å². The molecule has 1 heteroatoms. The predicted octanol–water partition coefficient (Wildman–Crippen LogP) is 3.88. The first kappa shape index (κ1) is 11.5. The van der Waals surface area contributed by atoms with Crippen molar-refractivity contribution in [1.82, 2.24) is 0 Å². The Hall–Kier alpha value is -0.590. The van der Waals surface area contributed by atoms with Gasteiger partial charge in [-0.2, -0.15) is 0 Å². The molecule has 1 atom stereocenters. The first-order valence-electron chi connectivity index (χ1n) is 6.01. The summed E-state index contributed by atoms with van der Waals surface area (Å²) in [7, 11) is 0. The van der Waals surface area contributed by atoms with E-state index in [1.165, 1.54) is 44.9 Å². The Bertz CT molecular complexity index is 193. The fourth-order valence-corrected chi connectivity index (χ4v) is 2.27. The van der Waals surface area contributed by atoms with Crippen molar-refractivity contribution in [2.45, 2.75) is 58.3 Å². The normalized spacial score (nSPS) is 20.9. The van der Waals surface area contributed by atoms with E-state index in [2.05, 4.69) is 13.0 Å². The van der Waals surface area contributed by atoms with Gasteiger partial charge in [0.25, 0.3) is 0 Å². The second kappa shape index (κ2) is 6.80. The van der Waals surface area contributed by atoms with Gasteiger partial charge in [-0.15, -0.1) is 0 Å². The maximum atomic E-state index is 10.5. The summed E-state index contributed by atoms with van der Waals surface area (Å²) in [4.78, 5) is 10.5. The molecule has 1 aliphatic carbocycles. The van der Waals surface area contributed by atoms with Gasteiger partial charge in [0.15, 0.2) is 0 Å². The van der Waals surface area contributed by atoms with E-state index in [1.54, 1.807) is 5.57 Å². The van der Waals surface area contributed by atoms with Crippen LogP contribution in [-0.2, 0) is 4.79 Å². The number of rotatable bonds is 7. The molecule has 0 N–H and O–H groups in total. The molecule has 1 unspecified atom stereocenters. The first-order chi connectivity index (χ1) is 6.88. The minimum Gasteiger partial charge on any atom is -0.303 e. The smallest absolute Gasteiger partial charge is 0.120 e. The Kier molecular flexibility index (Phi) is 5.58. The van der Waals surface area contributed by atoms with Crippen LogP contribution in [0.5, 0.6) is 0 Å². The monoisotopic (exact) mass is 194 g/mol. The van der Waals surface area contributed by atoms with Gasteiger partial charge in [0.2, 0.25) is 0 Å². The number of carbonyl (C=O) groups excluding carboxylic acids is 1. The summed E-state index contributed by atoms with van der Waals surface area (Å²) in [5.41, 5.74) is 1.56. The highest BCUT2D eigenvalue weighted by Gasteiger charge is 2.17. The fraction of sp³-hybridized carbons (Fsp3) is 0.769. The average molecular weight is 194 g/mol. The van der Waals surface area contributed by atoms with Gasteiger partial charge >= 0.3 is 0 Å². The lowest BCUT2D eigenvalue weighted by molar-refractivity contribution is -0.108. The summed E-state index contributed by atoms with van der Waals surface area (Å²) in [6.45, 7) is 2.24. The Balaban J connectivity index is 2.18. The van der Waals surface area contributed by atoms with Crippen LogP contribution in [0.1, 0.15) is 58.3 Å². The van der Waals surface area contributed by atoms with Gasteiger partial charge in [0.05, 0.1) is 0 Å². The molecule has 1 nitrogen and oxygen atoms in total. The summed E-state index contributed by atoms with van der Waals surface area (Å²) >= 11 is 0. The fourth-order valence-electron chi connectivity index (χ4n) is 2.27. The maximum Gasteiger partial charge on any atom is 0.120 e. The number of allylic oxidation sites excluding steroid dienone is 2. The summed E-state index contributed by atoms with van der Waals surface area (Å²) < 4.78 is 0. The lowest BCUT2D eigenvalue weighted by atomic mass is 9.94. The van der Waals surface area contributed by atoms with E-state index in [1.807, 2.05) is 0 Å². The minimum absolute atomic E-state index is 0.592. The average Bonchev–Trinajstić information content (AvgIpc) is 2.61. The Morgan fingerprint density at radius 3 is 3.00 bits per heavy atom. The number of carbonyl (C=O) groups is 1. The molecule has 0 amide bonds. The topological polar surface area (TPSA) is 17.1 Å². The lowest BCUT2D eigenvalue weighted by Gasteiger charge is -2.11. The van der Waals surface area contributed by atoms with Crippen LogP contribution < -0.4 is 0 Å². The molecule has 0 aromatic carbocycles. The lowest BCUT2D eigenvalue weighted by Crippen LogP contribution is -2.00. The number of aldehydes is 1. The van der Waals surface area contributed by atoms with Gasteiger partial charge in [-0.05, 0) is 31.6 Å². The quantitative estimate of drug-likeness (QED) is 0.341. The second-order valence-electron chi connectivity index (χ2n) is 4.27. The molecule has 80 valence electrons. The Morgan fingerprint density at radius 1 is 1.43 bits per heavy atom. The molecule has 0 aliphatic heterocycles. The van der Waals surface area contributed by atoms with Crippen molar-refractivity contribution in [2.24, 2.45) is 5.92 Å². The highest BCUT2D eigenvalue weighted by Crippen LogP contribution is 2.31. The van der Waals surface area contributed by atoms with Crippen molar-refractivity contribution in [3.05, 3.63) is 11.6 Å². The van der Waals surface area contributed by atoms with Gasteiger partial charge in [-0.1, -0.05) is 37.8 Å². The Labute approximate surface area is 87.6 Å². The molecular weight excluding hydrogens is 172 g/mol. The molecule has 0 saturated carbocycles. The van der Waals surface area contributed by atoms with Crippen LogP contribution in [-0.4, -0.2) is 6.29 Å². The molecule has 0 aromatic heterocycles. The summed E-state index contributed by atoms with van der Waals surface area (Å²) in [5.74, 6) is 0.592. The van der Waals surface area contributed by atoms with Crippen LogP contribution >= 0.6 is 0 Å². The third-order valence-electron chi connectivity index (χ3n) is 3.15. The van der Waals surface area contributed by atoms with Gasteiger partial charge in [-0.25, -0.2) is 0 Å². The van der Waals surface area contributed by atoms with E-state index in [0.29, 0.717) is 5.92 Å². The van der Waals surface area contributed by atoms with Gasteiger partial charge in [0.1, 0.15) is 6.29 Å². The van der Waals surface area contributed by atoms with E-state index >= 15 is 0 Å². The SMILES string of the molecule is CCCCCCC1=CCCC1CC=O. The molecule has 0 spiro atoms. The molecule has 1 aliphatic rings. The van der Waals surface area contributed by atoms with Crippen molar-refractivity contribution < 1.29 is 4.79 Å². The number of hydrogen-bond donors (Lipinski definition) is 0. The largest absolute Gasteiger partial charge is 0.303 e. The van der Waals surface area contributed by atoms with Crippen LogP contribution in [0, 0.1) is 5.92 Å². The molecule has 1 rings (SSSR count).